The number of azo groups is 1. The van der Waals surface area contributed by atoms with E-state index in [-0.39, 0.29) is 17.2 Å². The Bertz CT molecular complexity index is 446. The first-order chi connectivity index (χ1) is 7.50. The van der Waals surface area contributed by atoms with Crippen molar-refractivity contribution in [1.82, 2.24) is 0 Å². The lowest BCUT2D eigenvalue weighted by molar-refractivity contribution is -0.113. The first-order valence-electron chi connectivity index (χ1n) is 4.59. The molecule has 4 nitrogen and oxygen atoms in total. The minimum atomic E-state index is -0.319. The average Bonchev–Trinajstić information content (AvgIpc) is 2.20. The Morgan fingerprint density at radius 1 is 1.25 bits per heavy atom. The van der Waals surface area contributed by atoms with E-state index in [4.69, 9.17) is 0 Å². The molecule has 0 aliphatic heterocycles. The summed E-state index contributed by atoms with van der Waals surface area (Å²) in [5, 5.41) is 16.8. The lowest BCUT2D eigenvalue weighted by Crippen LogP contribution is -1.96. The zero-order chi connectivity index (χ0) is 12.1. The Balaban J connectivity index is 2.92. The van der Waals surface area contributed by atoms with Crippen molar-refractivity contribution in [2.24, 2.45) is 10.2 Å². The third-order valence-electron chi connectivity index (χ3n) is 1.77. The molecular formula is C11H11BrN2O2. The first-order valence-corrected chi connectivity index (χ1v) is 5.38. The van der Waals surface area contributed by atoms with Gasteiger partial charge in [-0.1, -0.05) is 15.9 Å². The SMILES string of the molecule is CC(=O)/C(N=Nc1ccc(Br)cc1)=C(\C)O. The molecule has 1 N–H and O–H groups in total. The molecule has 1 aromatic carbocycles. The summed E-state index contributed by atoms with van der Waals surface area (Å²) in [4.78, 5) is 11.1. The van der Waals surface area contributed by atoms with Crippen LogP contribution in [-0.2, 0) is 4.79 Å². The zero-order valence-corrected chi connectivity index (χ0v) is 10.5. The van der Waals surface area contributed by atoms with E-state index in [0.29, 0.717) is 5.69 Å². The molecule has 0 bridgehead atoms. The molecule has 1 aromatic rings. The van der Waals surface area contributed by atoms with Crippen molar-refractivity contribution in [3.63, 3.8) is 0 Å². The van der Waals surface area contributed by atoms with Crippen molar-refractivity contribution in [3.05, 3.63) is 40.2 Å². The van der Waals surface area contributed by atoms with Crippen LogP contribution >= 0.6 is 15.9 Å². The number of ketones is 1. The summed E-state index contributed by atoms with van der Waals surface area (Å²) < 4.78 is 0.937. The topological polar surface area (TPSA) is 62.0 Å². The molecule has 0 unspecified atom stereocenters. The van der Waals surface area contributed by atoms with Crippen LogP contribution in [0, 0.1) is 0 Å². The number of hydrogen-bond donors (Lipinski definition) is 1. The number of carbonyl (C=O) groups excluding carboxylic acids is 1. The molecule has 0 fully saturated rings. The van der Waals surface area contributed by atoms with E-state index < -0.39 is 0 Å². The summed E-state index contributed by atoms with van der Waals surface area (Å²) in [6.45, 7) is 2.73. The zero-order valence-electron chi connectivity index (χ0n) is 8.94. The normalized spacial score (nSPS) is 12.7. The molecule has 0 saturated carbocycles. The van der Waals surface area contributed by atoms with Crippen molar-refractivity contribution >= 4 is 27.4 Å². The molecule has 0 saturated heterocycles. The number of nitrogens with zero attached hydrogens (tertiary/aromatic N) is 2. The predicted molar refractivity (Wildman–Crippen MR) is 64.7 cm³/mol. The molecular weight excluding hydrogens is 272 g/mol. The molecule has 0 amide bonds. The van der Waals surface area contributed by atoms with Gasteiger partial charge in [-0.3, -0.25) is 4.79 Å². The second-order valence-corrected chi connectivity index (χ2v) is 4.08. The number of carbonyl (C=O) groups is 1. The van der Waals surface area contributed by atoms with Gasteiger partial charge in [0.2, 0.25) is 0 Å². The standard InChI is InChI=1S/C11H11BrN2O2/c1-7(15)11(8(2)16)14-13-10-5-3-9(12)4-6-10/h3-6,15H,1-2H3/b11-7-,14-13?. The Labute approximate surface area is 102 Å². The Morgan fingerprint density at radius 2 is 1.81 bits per heavy atom. The van der Waals surface area contributed by atoms with E-state index >= 15 is 0 Å². The fraction of sp³-hybridized carbons (Fsp3) is 0.182. The van der Waals surface area contributed by atoms with Gasteiger partial charge >= 0.3 is 0 Å². The summed E-state index contributed by atoms with van der Waals surface area (Å²) in [6.07, 6.45) is 0. The number of Topliss-reactive ketones (excluding diaryl/α,β-unsaturated/α-hetero) is 1. The van der Waals surface area contributed by atoms with Crippen LogP contribution in [0.15, 0.2) is 50.4 Å². The van der Waals surface area contributed by atoms with Gasteiger partial charge in [0.25, 0.3) is 0 Å². The van der Waals surface area contributed by atoms with Gasteiger partial charge in [-0.05, 0) is 31.2 Å². The van der Waals surface area contributed by atoms with Gasteiger partial charge in [-0.25, -0.2) is 0 Å². The molecule has 0 aliphatic carbocycles. The summed E-state index contributed by atoms with van der Waals surface area (Å²) in [5.41, 5.74) is 0.589. The molecule has 0 heterocycles. The highest BCUT2D eigenvalue weighted by Crippen LogP contribution is 2.18. The number of aliphatic hydroxyl groups excluding tert-OH is 1. The monoisotopic (exact) mass is 282 g/mol. The quantitative estimate of drug-likeness (QED) is 0.519. The molecule has 0 aliphatic rings. The molecule has 5 heteroatoms. The van der Waals surface area contributed by atoms with E-state index in [1.807, 2.05) is 12.1 Å². The number of aliphatic hydroxyl groups is 1. The fourth-order valence-electron chi connectivity index (χ4n) is 1.01. The van der Waals surface area contributed by atoms with E-state index in [0.717, 1.165) is 4.47 Å². The number of hydrogen-bond acceptors (Lipinski definition) is 4. The van der Waals surface area contributed by atoms with Gasteiger partial charge in [0, 0.05) is 11.4 Å². The Morgan fingerprint density at radius 3 is 2.25 bits per heavy atom. The van der Waals surface area contributed by atoms with Crippen molar-refractivity contribution in [2.45, 2.75) is 13.8 Å². The highest BCUT2D eigenvalue weighted by molar-refractivity contribution is 9.10. The summed E-state index contributed by atoms with van der Waals surface area (Å²) in [6, 6.07) is 7.13. The minimum absolute atomic E-state index is 0.0251. The van der Waals surface area contributed by atoms with Gasteiger partial charge in [-0.15, -0.1) is 5.11 Å². The smallest absolute Gasteiger partial charge is 0.183 e. The van der Waals surface area contributed by atoms with E-state index in [2.05, 4.69) is 26.2 Å². The molecule has 16 heavy (non-hydrogen) atoms. The van der Waals surface area contributed by atoms with Gasteiger partial charge < -0.3 is 5.11 Å². The van der Waals surface area contributed by atoms with Crippen LogP contribution in [0.4, 0.5) is 5.69 Å². The number of allylic oxidation sites excluding steroid dienone is 2. The summed E-state index contributed by atoms with van der Waals surface area (Å²) in [5.74, 6) is -0.450. The van der Waals surface area contributed by atoms with Crippen molar-refractivity contribution in [2.75, 3.05) is 0 Å². The maximum absolute atomic E-state index is 11.1. The van der Waals surface area contributed by atoms with Crippen LogP contribution in [0.1, 0.15) is 13.8 Å². The molecule has 0 aromatic heterocycles. The predicted octanol–water partition coefficient (Wildman–Crippen LogP) is 3.91. The molecule has 0 spiro atoms. The number of rotatable bonds is 3. The fourth-order valence-corrected chi connectivity index (χ4v) is 1.28. The van der Waals surface area contributed by atoms with Crippen LogP contribution in [-0.4, -0.2) is 10.9 Å². The highest BCUT2D eigenvalue weighted by Gasteiger charge is 2.06. The van der Waals surface area contributed by atoms with Crippen LogP contribution in [0.25, 0.3) is 0 Å². The molecule has 0 atom stereocenters. The largest absolute Gasteiger partial charge is 0.510 e. The Kier molecular flexibility index (Phi) is 4.37. The third-order valence-corrected chi connectivity index (χ3v) is 2.30. The van der Waals surface area contributed by atoms with E-state index in [1.165, 1.54) is 13.8 Å². The summed E-state index contributed by atoms with van der Waals surface area (Å²) >= 11 is 3.30. The number of halogens is 1. The van der Waals surface area contributed by atoms with Crippen LogP contribution < -0.4 is 0 Å². The van der Waals surface area contributed by atoms with Gasteiger partial charge in [0.1, 0.15) is 5.76 Å². The maximum Gasteiger partial charge on any atom is 0.183 e. The lowest BCUT2D eigenvalue weighted by Gasteiger charge is -1.96. The van der Waals surface area contributed by atoms with Crippen molar-refractivity contribution in [3.8, 4) is 0 Å². The van der Waals surface area contributed by atoms with Crippen LogP contribution in [0.5, 0.6) is 0 Å². The van der Waals surface area contributed by atoms with Crippen molar-refractivity contribution in [1.29, 1.82) is 0 Å². The number of benzene rings is 1. The highest BCUT2D eigenvalue weighted by atomic mass is 79.9. The molecule has 84 valence electrons. The van der Waals surface area contributed by atoms with Gasteiger partial charge in [0.05, 0.1) is 5.69 Å². The first kappa shape index (κ1) is 12.6. The maximum atomic E-state index is 11.1. The lowest BCUT2D eigenvalue weighted by atomic mass is 10.3. The van der Waals surface area contributed by atoms with Crippen LogP contribution in [0.2, 0.25) is 0 Å². The second kappa shape index (κ2) is 5.55. The molecule has 1 rings (SSSR count). The van der Waals surface area contributed by atoms with E-state index in [1.54, 1.807) is 12.1 Å². The molecule has 0 radical (unpaired) electrons. The second-order valence-electron chi connectivity index (χ2n) is 3.17. The Hall–Kier alpha value is -1.49. The minimum Gasteiger partial charge on any atom is -0.510 e. The van der Waals surface area contributed by atoms with Gasteiger partial charge in [0.15, 0.2) is 11.5 Å². The van der Waals surface area contributed by atoms with Crippen molar-refractivity contribution < 1.29 is 9.90 Å². The van der Waals surface area contributed by atoms with Crippen LogP contribution in [0.3, 0.4) is 0 Å². The average molecular weight is 283 g/mol. The third kappa shape index (κ3) is 3.58. The van der Waals surface area contributed by atoms with Gasteiger partial charge in [-0.2, -0.15) is 5.11 Å². The van der Waals surface area contributed by atoms with E-state index in [9.17, 15) is 9.90 Å². The summed E-state index contributed by atoms with van der Waals surface area (Å²) in [7, 11) is 0.